The van der Waals surface area contributed by atoms with Crippen LogP contribution in [0.1, 0.15) is 59.9 Å². The first-order chi connectivity index (χ1) is 16.3. The molecule has 0 unspecified atom stereocenters. The minimum absolute atomic E-state index is 0.752. The highest BCUT2D eigenvalue weighted by atomic mass is 15.3. The number of likely N-dealkylation sites (tertiary alicyclic amines) is 1. The number of hydrogen-bond donors (Lipinski definition) is 0. The Morgan fingerprint density at radius 1 is 0.758 bits per heavy atom. The van der Waals surface area contributed by atoms with Crippen molar-refractivity contribution in [1.29, 1.82) is 0 Å². The third-order valence-corrected chi connectivity index (χ3v) is 7.92. The lowest BCUT2D eigenvalue weighted by atomic mass is 9.71. The minimum atomic E-state index is 0.752. The molecular formula is C28H35N5. The highest BCUT2D eigenvalue weighted by molar-refractivity contribution is 5.27. The largest absolute Gasteiger partial charge is 0.312 e. The van der Waals surface area contributed by atoms with E-state index in [0.29, 0.717) is 0 Å². The first kappa shape index (κ1) is 21.1. The van der Waals surface area contributed by atoms with Gasteiger partial charge in [0.05, 0.1) is 6.54 Å². The van der Waals surface area contributed by atoms with Gasteiger partial charge >= 0.3 is 0 Å². The molecule has 2 fully saturated rings. The molecule has 0 amide bonds. The van der Waals surface area contributed by atoms with Crippen LogP contribution in [-0.4, -0.2) is 50.7 Å². The van der Waals surface area contributed by atoms with Gasteiger partial charge in [0.15, 0.2) is 0 Å². The number of hydrogen-bond acceptors (Lipinski definition) is 4. The molecule has 5 nitrogen and oxygen atoms in total. The highest BCUT2D eigenvalue weighted by Gasteiger charge is 2.33. The molecule has 5 heteroatoms. The quantitative estimate of drug-likeness (QED) is 0.542. The minimum Gasteiger partial charge on any atom is -0.312 e. The molecule has 3 aliphatic rings. The first-order valence-corrected chi connectivity index (χ1v) is 12.8. The van der Waals surface area contributed by atoms with Gasteiger partial charge < -0.3 is 4.57 Å². The summed E-state index contributed by atoms with van der Waals surface area (Å²) in [5, 5.41) is 9.04. The fourth-order valence-corrected chi connectivity index (χ4v) is 5.95. The fraction of sp³-hybridized carbons (Fsp3) is 0.500. The van der Waals surface area contributed by atoms with Gasteiger partial charge in [0, 0.05) is 32.6 Å². The maximum atomic E-state index is 4.53. The van der Waals surface area contributed by atoms with Crippen molar-refractivity contribution in [3.05, 3.63) is 82.9 Å². The summed E-state index contributed by atoms with van der Waals surface area (Å²) >= 11 is 0. The molecule has 0 N–H and O–H groups in total. The number of benzene rings is 2. The van der Waals surface area contributed by atoms with Crippen LogP contribution in [0.4, 0.5) is 0 Å². The van der Waals surface area contributed by atoms with E-state index in [1.54, 1.807) is 5.56 Å². The predicted octanol–water partition coefficient (Wildman–Crippen LogP) is 4.47. The van der Waals surface area contributed by atoms with Gasteiger partial charge in [-0.05, 0) is 67.3 Å². The van der Waals surface area contributed by atoms with E-state index in [1.165, 1.54) is 56.4 Å². The van der Waals surface area contributed by atoms with E-state index >= 15 is 0 Å². The van der Waals surface area contributed by atoms with Crippen LogP contribution >= 0.6 is 0 Å². The summed E-state index contributed by atoms with van der Waals surface area (Å²) in [6, 6.07) is 20.1. The van der Waals surface area contributed by atoms with Crippen LogP contribution in [0.3, 0.4) is 0 Å². The van der Waals surface area contributed by atoms with Crippen LogP contribution in [0.2, 0.25) is 0 Å². The topological polar surface area (TPSA) is 37.2 Å². The smallest absolute Gasteiger partial charge is 0.147 e. The zero-order valence-electron chi connectivity index (χ0n) is 19.6. The third-order valence-electron chi connectivity index (χ3n) is 7.92. The van der Waals surface area contributed by atoms with Gasteiger partial charge in [-0.2, -0.15) is 0 Å². The van der Waals surface area contributed by atoms with Crippen LogP contribution in [0.25, 0.3) is 0 Å². The van der Waals surface area contributed by atoms with Gasteiger partial charge in [0.25, 0.3) is 0 Å². The van der Waals surface area contributed by atoms with E-state index < -0.39 is 0 Å². The van der Waals surface area contributed by atoms with Crippen molar-refractivity contribution in [2.45, 2.75) is 57.7 Å². The third kappa shape index (κ3) is 4.75. The molecule has 172 valence electrons. The van der Waals surface area contributed by atoms with E-state index in [0.717, 1.165) is 56.1 Å². The van der Waals surface area contributed by atoms with Crippen molar-refractivity contribution in [2.75, 3.05) is 26.2 Å². The SMILES string of the molecule is c1ccc(Cc2nnc3n2CCN(C[C@H]2C[C@H](c4ccc(CN5CCCC5)cc4)C2)C3)cc1. The molecule has 1 aromatic heterocycles. The van der Waals surface area contributed by atoms with Crippen LogP contribution in [0, 0.1) is 5.92 Å². The first-order valence-electron chi connectivity index (χ1n) is 12.8. The average molecular weight is 442 g/mol. The van der Waals surface area contributed by atoms with Crippen LogP contribution in [-0.2, 0) is 26.1 Å². The molecule has 0 radical (unpaired) electrons. The van der Waals surface area contributed by atoms with Crippen LogP contribution in [0.15, 0.2) is 54.6 Å². The zero-order valence-corrected chi connectivity index (χ0v) is 19.6. The van der Waals surface area contributed by atoms with E-state index in [2.05, 4.69) is 79.2 Å². The second-order valence-electron chi connectivity index (χ2n) is 10.3. The lowest BCUT2D eigenvalue weighted by molar-refractivity contribution is 0.132. The molecule has 33 heavy (non-hydrogen) atoms. The van der Waals surface area contributed by atoms with Crippen molar-refractivity contribution in [3.63, 3.8) is 0 Å². The summed E-state index contributed by atoms with van der Waals surface area (Å²) in [7, 11) is 0. The van der Waals surface area contributed by atoms with Gasteiger partial charge in [0.2, 0.25) is 0 Å². The Morgan fingerprint density at radius 3 is 2.33 bits per heavy atom. The second kappa shape index (κ2) is 9.40. The molecule has 0 bridgehead atoms. The molecule has 1 saturated carbocycles. The van der Waals surface area contributed by atoms with Crippen molar-refractivity contribution >= 4 is 0 Å². The molecule has 3 heterocycles. The Morgan fingerprint density at radius 2 is 1.55 bits per heavy atom. The molecule has 0 atom stereocenters. The summed E-state index contributed by atoms with van der Waals surface area (Å²) < 4.78 is 2.34. The Balaban J connectivity index is 0.985. The van der Waals surface area contributed by atoms with E-state index in [1.807, 2.05) is 0 Å². The van der Waals surface area contributed by atoms with Crippen LogP contribution < -0.4 is 0 Å². The van der Waals surface area contributed by atoms with Crippen LogP contribution in [0.5, 0.6) is 0 Å². The summed E-state index contributed by atoms with van der Waals surface area (Å²) in [5.41, 5.74) is 4.32. The Labute approximate surface area is 197 Å². The summed E-state index contributed by atoms with van der Waals surface area (Å²) in [5.74, 6) is 3.81. The number of nitrogens with zero attached hydrogens (tertiary/aromatic N) is 5. The molecule has 1 saturated heterocycles. The Hall–Kier alpha value is -2.50. The molecular weight excluding hydrogens is 406 g/mol. The Bertz CT molecular complexity index is 1050. The number of aromatic nitrogens is 3. The average Bonchev–Trinajstić information content (AvgIpc) is 3.47. The van der Waals surface area contributed by atoms with Crippen molar-refractivity contribution < 1.29 is 0 Å². The lowest BCUT2D eigenvalue weighted by Crippen LogP contribution is -2.40. The second-order valence-corrected chi connectivity index (χ2v) is 10.3. The predicted molar refractivity (Wildman–Crippen MR) is 131 cm³/mol. The van der Waals surface area contributed by atoms with E-state index in [9.17, 15) is 0 Å². The lowest BCUT2D eigenvalue weighted by Gasteiger charge is -2.40. The molecule has 0 spiro atoms. The summed E-state index contributed by atoms with van der Waals surface area (Å²) in [6.45, 7) is 7.93. The molecule has 2 aliphatic heterocycles. The highest BCUT2D eigenvalue weighted by Crippen LogP contribution is 2.42. The van der Waals surface area contributed by atoms with Gasteiger partial charge in [0.1, 0.15) is 11.6 Å². The summed E-state index contributed by atoms with van der Waals surface area (Å²) in [6.07, 6.45) is 6.26. The summed E-state index contributed by atoms with van der Waals surface area (Å²) in [4.78, 5) is 5.18. The van der Waals surface area contributed by atoms with Crippen molar-refractivity contribution in [2.24, 2.45) is 5.92 Å². The monoisotopic (exact) mass is 441 g/mol. The molecule has 2 aromatic carbocycles. The maximum Gasteiger partial charge on any atom is 0.147 e. The normalized spacial score (nSPS) is 23.4. The standard InChI is InChI=1S/C28H35N5/c1-2-6-22(7-3-1)18-27-29-30-28-21-32(14-15-33(27)28)20-24-16-26(17-24)25-10-8-23(9-11-25)19-31-12-4-5-13-31/h1-3,6-11,24,26H,4-5,12-21H2/t24-,26-. The van der Waals surface area contributed by atoms with Crippen molar-refractivity contribution in [3.8, 4) is 0 Å². The van der Waals surface area contributed by atoms with E-state index in [-0.39, 0.29) is 0 Å². The van der Waals surface area contributed by atoms with Gasteiger partial charge in [-0.25, -0.2) is 0 Å². The van der Waals surface area contributed by atoms with Gasteiger partial charge in [-0.15, -0.1) is 10.2 Å². The van der Waals surface area contributed by atoms with Gasteiger partial charge in [-0.3, -0.25) is 9.80 Å². The number of fused-ring (bicyclic) bond motifs is 1. The zero-order chi connectivity index (χ0) is 22.0. The molecule has 1 aliphatic carbocycles. The molecule has 6 rings (SSSR count). The van der Waals surface area contributed by atoms with E-state index in [4.69, 9.17) is 0 Å². The fourth-order valence-electron chi connectivity index (χ4n) is 5.95. The number of rotatable bonds is 7. The van der Waals surface area contributed by atoms with Gasteiger partial charge in [-0.1, -0.05) is 54.6 Å². The van der Waals surface area contributed by atoms with Crippen molar-refractivity contribution in [1.82, 2.24) is 24.6 Å². The maximum absolute atomic E-state index is 4.53. The molecule has 3 aromatic rings. The Kier molecular flexibility index (Phi) is 6.00.